The van der Waals surface area contributed by atoms with Gasteiger partial charge in [-0.15, -0.1) is 11.3 Å². The molecule has 5 nitrogen and oxygen atoms in total. The smallest absolute Gasteiger partial charge is 0.378 e. The Balaban J connectivity index is 1.15. The summed E-state index contributed by atoms with van der Waals surface area (Å²) in [6.07, 6.45) is -4.53. The van der Waals surface area contributed by atoms with Gasteiger partial charge in [0.15, 0.2) is 0 Å². The van der Waals surface area contributed by atoms with Crippen LogP contribution in [0.2, 0.25) is 0 Å². The highest BCUT2D eigenvalue weighted by molar-refractivity contribution is 7.12. The van der Waals surface area contributed by atoms with Gasteiger partial charge in [-0.25, -0.2) is 8.78 Å². The number of piperidine rings is 1. The second-order valence-corrected chi connectivity index (χ2v) is 11.6. The third-order valence-electron chi connectivity index (χ3n) is 8.18. The van der Waals surface area contributed by atoms with Crippen LogP contribution in [0.25, 0.3) is 0 Å². The Kier molecular flexibility index (Phi) is 7.30. The standard InChI is InChI=1S/C29H28F5N3O2S/c30-24-5-3-19(29(32,33)34)12-18(24)14-35-15-21-22(16-35)23(21)17-37(28(38)27-2-1-11-40-27)20-4-6-26(25(31)13-20)36-7-9-39-10-8-36/h1-6,11-13,21-23H,7-10,14-17H2. The van der Waals surface area contributed by atoms with Crippen molar-refractivity contribution in [2.75, 3.05) is 55.7 Å². The van der Waals surface area contributed by atoms with E-state index in [0.717, 1.165) is 18.2 Å². The normalized spacial score (nSPS) is 22.8. The molecule has 2 saturated heterocycles. The average Bonchev–Trinajstić information content (AvgIpc) is 3.31. The molecule has 2 aromatic carbocycles. The van der Waals surface area contributed by atoms with E-state index in [0.29, 0.717) is 62.2 Å². The maximum atomic E-state index is 15.3. The number of carbonyl (C=O) groups is 1. The maximum Gasteiger partial charge on any atom is 0.416 e. The fourth-order valence-electron chi connectivity index (χ4n) is 6.02. The van der Waals surface area contributed by atoms with Crippen LogP contribution in [-0.2, 0) is 17.5 Å². The van der Waals surface area contributed by atoms with Crippen molar-refractivity contribution < 1.29 is 31.5 Å². The van der Waals surface area contributed by atoms with E-state index in [4.69, 9.17) is 4.74 Å². The van der Waals surface area contributed by atoms with Crippen LogP contribution in [0.5, 0.6) is 0 Å². The number of hydrogen-bond donors (Lipinski definition) is 0. The molecule has 2 aliphatic heterocycles. The van der Waals surface area contributed by atoms with Crippen LogP contribution in [0.1, 0.15) is 20.8 Å². The predicted molar refractivity (Wildman–Crippen MR) is 143 cm³/mol. The first-order valence-electron chi connectivity index (χ1n) is 13.2. The molecule has 1 saturated carbocycles. The van der Waals surface area contributed by atoms with E-state index >= 15 is 4.39 Å². The summed E-state index contributed by atoms with van der Waals surface area (Å²) in [6.45, 7) is 3.99. The van der Waals surface area contributed by atoms with E-state index in [9.17, 15) is 22.4 Å². The predicted octanol–water partition coefficient (Wildman–Crippen LogP) is 5.91. The summed E-state index contributed by atoms with van der Waals surface area (Å²) in [6, 6.07) is 11.0. The number of benzene rings is 2. The monoisotopic (exact) mass is 577 g/mol. The molecule has 3 fully saturated rings. The summed E-state index contributed by atoms with van der Waals surface area (Å²) in [5.74, 6) is -0.584. The Bertz CT molecular complexity index is 1360. The fraction of sp³-hybridized carbons (Fsp3) is 0.414. The zero-order valence-corrected chi connectivity index (χ0v) is 22.4. The van der Waals surface area contributed by atoms with Crippen molar-refractivity contribution in [2.45, 2.75) is 12.7 Å². The molecule has 0 spiro atoms. The van der Waals surface area contributed by atoms with Crippen molar-refractivity contribution >= 4 is 28.6 Å². The summed E-state index contributed by atoms with van der Waals surface area (Å²) >= 11 is 1.33. The molecule has 212 valence electrons. The first-order valence-corrected chi connectivity index (χ1v) is 14.1. The molecule has 6 rings (SSSR count). The number of rotatable bonds is 7. The molecule has 3 aliphatic rings. The highest BCUT2D eigenvalue weighted by Gasteiger charge is 2.56. The lowest BCUT2D eigenvalue weighted by Gasteiger charge is -2.30. The number of nitrogens with zero attached hydrogens (tertiary/aromatic N) is 3. The summed E-state index contributed by atoms with van der Waals surface area (Å²) in [4.78, 5) is 19.6. The van der Waals surface area contributed by atoms with E-state index < -0.39 is 23.4 Å². The molecule has 1 aromatic heterocycles. The number of hydrogen-bond acceptors (Lipinski definition) is 5. The minimum Gasteiger partial charge on any atom is -0.378 e. The third kappa shape index (κ3) is 5.46. The van der Waals surface area contributed by atoms with Gasteiger partial charge in [0, 0.05) is 50.5 Å². The Morgan fingerprint density at radius 3 is 2.40 bits per heavy atom. The Morgan fingerprint density at radius 1 is 1.00 bits per heavy atom. The van der Waals surface area contributed by atoms with Crippen molar-refractivity contribution in [1.29, 1.82) is 0 Å². The molecular formula is C29H28F5N3O2S. The topological polar surface area (TPSA) is 36.0 Å². The number of amides is 1. The van der Waals surface area contributed by atoms with Crippen LogP contribution in [0.15, 0.2) is 53.9 Å². The number of halogens is 5. The van der Waals surface area contributed by atoms with Crippen molar-refractivity contribution in [1.82, 2.24) is 4.90 Å². The Morgan fingerprint density at radius 2 is 1.75 bits per heavy atom. The van der Waals surface area contributed by atoms with E-state index in [1.54, 1.807) is 29.2 Å². The van der Waals surface area contributed by atoms with Gasteiger partial charge in [0.2, 0.25) is 0 Å². The summed E-state index contributed by atoms with van der Waals surface area (Å²) in [7, 11) is 0. The molecule has 2 unspecified atom stereocenters. The van der Waals surface area contributed by atoms with Crippen LogP contribution in [0.3, 0.4) is 0 Å². The van der Waals surface area contributed by atoms with E-state index in [1.807, 2.05) is 15.2 Å². The van der Waals surface area contributed by atoms with Crippen LogP contribution < -0.4 is 9.80 Å². The maximum absolute atomic E-state index is 15.3. The van der Waals surface area contributed by atoms with E-state index in [2.05, 4.69) is 0 Å². The van der Waals surface area contributed by atoms with Gasteiger partial charge < -0.3 is 14.5 Å². The molecule has 1 amide bonds. The minimum atomic E-state index is -4.53. The van der Waals surface area contributed by atoms with Crippen LogP contribution >= 0.6 is 11.3 Å². The van der Waals surface area contributed by atoms with Crippen LogP contribution in [0, 0.1) is 29.4 Å². The minimum absolute atomic E-state index is 0.0259. The molecule has 0 bridgehead atoms. The summed E-state index contributed by atoms with van der Waals surface area (Å²) < 4.78 is 74.2. The Hall–Kier alpha value is -3.02. The first-order chi connectivity index (χ1) is 19.2. The zero-order chi connectivity index (χ0) is 28.0. The SMILES string of the molecule is O=C(c1cccs1)N(CC1C2CN(Cc3cc(C(F)(F)F)ccc3F)CC21)c1ccc(N2CCOCC2)c(F)c1. The van der Waals surface area contributed by atoms with Gasteiger partial charge in [-0.3, -0.25) is 9.69 Å². The molecule has 0 radical (unpaired) electrons. The molecule has 3 heterocycles. The second kappa shape index (κ2) is 10.8. The third-order valence-corrected chi connectivity index (χ3v) is 9.04. The van der Waals surface area contributed by atoms with E-state index in [1.165, 1.54) is 17.4 Å². The molecular weight excluding hydrogens is 549 g/mol. The highest BCUT2D eigenvalue weighted by Crippen LogP contribution is 2.53. The lowest BCUT2D eigenvalue weighted by Crippen LogP contribution is -2.37. The number of carbonyl (C=O) groups excluding carboxylic acids is 1. The summed E-state index contributed by atoms with van der Waals surface area (Å²) in [5, 5.41) is 1.82. The van der Waals surface area contributed by atoms with Crippen LogP contribution in [-0.4, -0.2) is 56.7 Å². The molecule has 3 aromatic rings. The van der Waals surface area contributed by atoms with Gasteiger partial charge in [-0.05, 0) is 65.6 Å². The van der Waals surface area contributed by atoms with Gasteiger partial charge in [0.1, 0.15) is 11.6 Å². The number of thiophene rings is 1. The summed E-state index contributed by atoms with van der Waals surface area (Å²) in [5.41, 5.74) is 0.135. The van der Waals surface area contributed by atoms with E-state index in [-0.39, 0.29) is 35.8 Å². The second-order valence-electron chi connectivity index (χ2n) is 10.6. The van der Waals surface area contributed by atoms with Crippen molar-refractivity contribution in [2.24, 2.45) is 17.8 Å². The van der Waals surface area contributed by atoms with Crippen molar-refractivity contribution in [3.05, 3.63) is 81.5 Å². The van der Waals surface area contributed by atoms with Crippen LogP contribution in [0.4, 0.5) is 33.3 Å². The number of likely N-dealkylation sites (tertiary alicyclic amines) is 1. The number of alkyl halides is 3. The van der Waals surface area contributed by atoms with Crippen molar-refractivity contribution in [3.63, 3.8) is 0 Å². The lowest BCUT2D eigenvalue weighted by molar-refractivity contribution is -0.137. The van der Waals surface area contributed by atoms with Gasteiger partial charge >= 0.3 is 6.18 Å². The average molecular weight is 578 g/mol. The zero-order valence-electron chi connectivity index (χ0n) is 21.5. The van der Waals surface area contributed by atoms with Gasteiger partial charge in [0.05, 0.1) is 29.3 Å². The van der Waals surface area contributed by atoms with Gasteiger partial charge in [-0.2, -0.15) is 13.2 Å². The van der Waals surface area contributed by atoms with Gasteiger partial charge in [-0.1, -0.05) is 6.07 Å². The molecule has 2 atom stereocenters. The Labute approximate surface area is 232 Å². The number of fused-ring (bicyclic) bond motifs is 1. The number of ether oxygens (including phenoxy) is 1. The van der Waals surface area contributed by atoms with Crippen molar-refractivity contribution in [3.8, 4) is 0 Å². The molecule has 40 heavy (non-hydrogen) atoms. The first kappa shape index (κ1) is 27.2. The molecule has 11 heteroatoms. The fourth-order valence-corrected chi connectivity index (χ4v) is 6.70. The number of morpholine rings is 1. The molecule has 1 aliphatic carbocycles. The largest absolute Gasteiger partial charge is 0.416 e. The lowest BCUT2D eigenvalue weighted by atomic mass is 10.1. The highest BCUT2D eigenvalue weighted by atomic mass is 32.1. The quantitative estimate of drug-likeness (QED) is 0.328. The van der Waals surface area contributed by atoms with Gasteiger partial charge in [0.25, 0.3) is 5.91 Å². The molecule has 0 N–H and O–H groups in total. The number of anilines is 2.